The number of nitriles is 1. The van der Waals surface area contributed by atoms with Gasteiger partial charge in [-0.1, -0.05) is 152 Å². The van der Waals surface area contributed by atoms with Crippen LogP contribution in [0.1, 0.15) is 5.56 Å². The average Bonchev–Trinajstić information content (AvgIpc) is 3.50. The van der Waals surface area contributed by atoms with E-state index in [0.29, 0.717) is 11.3 Å². The number of rotatable bonds is 6. The molecule has 3 nitrogen and oxygen atoms in total. The van der Waals surface area contributed by atoms with Crippen LogP contribution in [0.3, 0.4) is 0 Å². The minimum absolute atomic E-state index is 0.574. The van der Waals surface area contributed by atoms with E-state index in [1.165, 1.54) is 15.6 Å². The number of benzene rings is 7. The lowest BCUT2D eigenvalue weighted by atomic mass is 9.98. The van der Waals surface area contributed by atoms with Crippen molar-refractivity contribution in [3.8, 4) is 22.9 Å². The maximum Gasteiger partial charge on any atom is 0.188 e. The maximum atomic E-state index is 10.7. The number of nitrogens with zero attached hydrogens (tertiary/aromatic N) is 3. The van der Waals surface area contributed by atoms with Gasteiger partial charge in [0.2, 0.25) is 0 Å². The van der Waals surface area contributed by atoms with Gasteiger partial charge in [-0.15, -0.1) is 0 Å². The minimum atomic E-state index is -2.91. The maximum absolute atomic E-state index is 10.7. The van der Waals surface area contributed by atoms with Gasteiger partial charge >= 0.3 is 0 Å². The first-order chi connectivity index (χ1) is 23.8. The zero-order chi connectivity index (χ0) is 32.5. The van der Waals surface area contributed by atoms with Crippen molar-refractivity contribution in [2.45, 2.75) is 0 Å². The standard InChI is InChI=1S/C44H29N3Si/c1-46-40-30-32(36-24-15-27-43(39(36)31-45)47-41-25-13-11-22-37(41)38-23-12-14-26-42(38)47)28-29-44(40)48(33-16-5-2-6-17-33,34-18-7-3-8-19-34)35-20-9-4-10-21-35/h2-30H. The Morgan fingerprint density at radius 3 is 1.54 bits per heavy atom. The molecule has 0 N–H and O–H groups in total. The van der Waals surface area contributed by atoms with Crippen molar-refractivity contribution in [2.24, 2.45) is 0 Å². The summed E-state index contributed by atoms with van der Waals surface area (Å²) in [6.07, 6.45) is 0. The Bertz CT molecular complexity index is 2370. The third-order valence-corrected chi connectivity index (χ3v) is 14.3. The van der Waals surface area contributed by atoms with E-state index in [0.717, 1.165) is 43.8 Å². The number of aromatic nitrogens is 1. The molecule has 8 rings (SSSR count). The van der Waals surface area contributed by atoms with Gasteiger partial charge in [0.05, 0.1) is 28.9 Å². The Labute approximate surface area is 281 Å². The molecule has 0 saturated carbocycles. The molecule has 0 aliphatic rings. The Kier molecular flexibility index (Phi) is 7.27. The van der Waals surface area contributed by atoms with E-state index in [4.69, 9.17) is 6.57 Å². The van der Waals surface area contributed by atoms with Gasteiger partial charge in [-0.3, -0.25) is 0 Å². The molecule has 8 aromatic rings. The zero-order valence-electron chi connectivity index (χ0n) is 26.1. The lowest BCUT2D eigenvalue weighted by Gasteiger charge is -2.35. The van der Waals surface area contributed by atoms with Crippen LogP contribution in [-0.4, -0.2) is 12.6 Å². The van der Waals surface area contributed by atoms with Gasteiger partial charge in [-0.2, -0.15) is 5.26 Å². The predicted molar refractivity (Wildman–Crippen MR) is 201 cm³/mol. The lowest BCUT2D eigenvalue weighted by molar-refractivity contribution is 1.17. The summed E-state index contributed by atoms with van der Waals surface area (Å²) in [5.74, 6) is 0. The second-order valence-electron chi connectivity index (χ2n) is 11.9. The zero-order valence-corrected chi connectivity index (χ0v) is 27.1. The van der Waals surface area contributed by atoms with E-state index >= 15 is 0 Å². The fourth-order valence-corrected chi connectivity index (χ4v) is 12.3. The highest BCUT2D eigenvalue weighted by molar-refractivity contribution is 7.20. The van der Waals surface area contributed by atoms with E-state index in [1.54, 1.807) is 0 Å². The number of hydrogen-bond donors (Lipinski definition) is 0. The van der Waals surface area contributed by atoms with Crippen LogP contribution >= 0.6 is 0 Å². The van der Waals surface area contributed by atoms with Crippen LogP contribution in [0.15, 0.2) is 176 Å². The van der Waals surface area contributed by atoms with Gasteiger partial charge in [-0.05, 0) is 50.6 Å². The molecule has 0 radical (unpaired) electrons. The molecule has 0 saturated heterocycles. The van der Waals surface area contributed by atoms with Gasteiger partial charge in [0.25, 0.3) is 0 Å². The Morgan fingerprint density at radius 1 is 0.542 bits per heavy atom. The molecule has 0 bridgehead atoms. The molecule has 7 aromatic carbocycles. The van der Waals surface area contributed by atoms with Crippen molar-refractivity contribution in [2.75, 3.05) is 0 Å². The summed E-state index contributed by atoms with van der Waals surface area (Å²) in [7, 11) is -2.91. The van der Waals surface area contributed by atoms with E-state index in [1.807, 2.05) is 54.6 Å². The van der Waals surface area contributed by atoms with Crippen LogP contribution in [0, 0.1) is 17.9 Å². The third-order valence-electron chi connectivity index (χ3n) is 9.43. The van der Waals surface area contributed by atoms with Crippen LogP contribution < -0.4 is 20.7 Å². The molecule has 1 heterocycles. The molecule has 0 fully saturated rings. The van der Waals surface area contributed by atoms with Crippen molar-refractivity contribution < 1.29 is 0 Å². The number of para-hydroxylation sites is 2. The topological polar surface area (TPSA) is 33.1 Å². The predicted octanol–water partition coefficient (Wildman–Crippen LogP) is 8.25. The molecular weight excluding hydrogens is 599 g/mol. The summed E-state index contributed by atoms with van der Waals surface area (Å²) in [5, 5.41) is 17.7. The van der Waals surface area contributed by atoms with Crippen molar-refractivity contribution >= 4 is 56.3 Å². The van der Waals surface area contributed by atoms with Crippen LogP contribution in [0.4, 0.5) is 5.69 Å². The van der Waals surface area contributed by atoms with Crippen molar-refractivity contribution in [3.05, 3.63) is 193 Å². The van der Waals surface area contributed by atoms with Gasteiger partial charge < -0.3 is 4.57 Å². The molecule has 0 atom stereocenters. The molecular formula is C44H29N3Si. The first kappa shape index (κ1) is 29.0. The fraction of sp³-hybridized carbons (Fsp3) is 0. The lowest BCUT2D eigenvalue weighted by Crippen LogP contribution is -2.74. The third kappa shape index (κ3) is 4.48. The second-order valence-corrected chi connectivity index (χ2v) is 15.6. The summed E-state index contributed by atoms with van der Waals surface area (Å²) in [4.78, 5) is 4.21. The largest absolute Gasteiger partial charge is 0.308 e. The normalized spacial score (nSPS) is 11.3. The van der Waals surface area contributed by atoms with Gasteiger partial charge in [-0.25, -0.2) is 4.85 Å². The Hall–Kier alpha value is -6.46. The van der Waals surface area contributed by atoms with Crippen molar-refractivity contribution in [1.29, 1.82) is 5.26 Å². The quantitative estimate of drug-likeness (QED) is 0.104. The van der Waals surface area contributed by atoms with E-state index < -0.39 is 8.07 Å². The van der Waals surface area contributed by atoms with E-state index in [2.05, 4.69) is 137 Å². The first-order valence-electron chi connectivity index (χ1n) is 16.0. The molecule has 1 aromatic heterocycles. The Morgan fingerprint density at radius 2 is 1.04 bits per heavy atom. The van der Waals surface area contributed by atoms with Crippen molar-refractivity contribution in [3.63, 3.8) is 0 Å². The molecule has 4 heteroatoms. The number of fused-ring (bicyclic) bond motifs is 3. The Balaban J connectivity index is 1.38. The van der Waals surface area contributed by atoms with Gasteiger partial charge in [0.1, 0.15) is 6.07 Å². The smallest absolute Gasteiger partial charge is 0.188 e. The SMILES string of the molecule is [C-]#[N+]c1cc(-c2cccc(-n3c4ccccc4c4ccccc43)c2C#N)ccc1[Si](c1ccccc1)(c1ccccc1)c1ccccc1. The second kappa shape index (κ2) is 12.0. The molecule has 0 amide bonds. The first-order valence-corrected chi connectivity index (χ1v) is 18.0. The summed E-state index contributed by atoms with van der Waals surface area (Å²) in [5.41, 5.74) is 5.75. The molecule has 0 spiro atoms. The van der Waals surface area contributed by atoms with Crippen LogP contribution in [0.5, 0.6) is 0 Å². The summed E-state index contributed by atoms with van der Waals surface area (Å²) in [6, 6.07) is 63.4. The fourth-order valence-electron chi connectivity index (χ4n) is 7.41. The monoisotopic (exact) mass is 627 g/mol. The highest BCUT2D eigenvalue weighted by Gasteiger charge is 2.42. The van der Waals surface area contributed by atoms with E-state index in [-0.39, 0.29) is 0 Å². The minimum Gasteiger partial charge on any atom is -0.308 e. The highest BCUT2D eigenvalue weighted by atomic mass is 28.3. The molecule has 48 heavy (non-hydrogen) atoms. The van der Waals surface area contributed by atoms with Gasteiger partial charge in [0.15, 0.2) is 13.8 Å². The van der Waals surface area contributed by atoms with Crippen LogP contribution in [-0.2, 0) is 0 Å². The average molecular weight is 628 g/mol. The van der Waals surface area contributed by atoms with Crippen LogP contribution in [0.2, 0.25) is 0 Å². The van der Waals surface area contributed by atoms with E-state index in [9.17, 15) is 5.26 Å². The molecule has 0 aliphatic carbocycles. The highest BCUT2D eigenvalue weighted by Crippen LogP contribution is 2.36. The molecule has 0 unspecified atom stereocenters. The number of hydrogen-bond acceptors (Lipinski definition) is 1. The van der Waals surface area contributed by atoms with Gasteiger partial charge in [0, 0.05) is 16.3 Å². The molecule has 0 aliphatic heterocycles. The summed E-state index contributed by atoms with van der Waals surface area (Å²) >= 11 is 0. The summed E-state index contributed by atoms with van der Waals surface area (Å²) < 4.78 is 2.19. The van der Waals surface area contributed by atoms with Crippen LogP contribution in [0.25, 0.3) is 43.5 Å². The van der Waals surface area contributed by atoms with Crippen molar-refractivity contribution in [1.82, 2.24) is 4.57 Å². The summed E-state index contributed by atoms with van der Waals surface area (Å²) in [6.45, 7) is 8.52. The molecule has 224 valence electrons.